The summed E-state index contributed by atoms with van der Waals surface area (Å²) < 4.78 is 2.24. The standard InChI is InChI=1S/C28H18BrCl2N3O4S2/c29-15-8-6-14(7-9-15)21-22-23(26(37)34(25(22)36)17-4-2-1-3-5-17)39-27-24(21)40-28(38)33(27)13-20(35)32-16-10-11-18(30)19(31)12-16/h1-12,21-23H,13H2,(H,32,35)/t21-,22?,23?/m1/s1. The maximum Gasteiger partial charge on any atom is 0.308 e. The molecule has 6 rings (SSSR count). The van der Waals surface area contributed by atoms with Gasteiger partial charge in [0.25, 0.3) is 0 Å². The third-order valence-electron chi connectivity index (χ3n) is 6.80. The number of hydrogen-bond acceptors (Lipinski definition) is 6. The van der Waals surface area contributed by atoms with E-state index >= 15 is 0 Å². The summed E-state index contributed by atoms with van der Waals surface area (Å²) in [5.74, 6) is -2.33. The summed E-state index contributed by atoms with van der Waals surface area (Å²) in [7, 11) is 0. The maximum absolute atomic E-state index is 13.9. The monoisotopic (exact) mass is 673 g/mol. The van der Waals surface area contributed by atoms with Crippen molar-refractivity contribution in [2.24, 2.45) is 5.92 Å². The molecular formula is C28H18BrCl2N3O4S2. The molecule has 202 valence electrons. The molecule has 3 heterocycles. The van der Waals surface area contributed by atoms with Crippen molar-refractivity contribution in [3.05, 3.63) is 107 Å². The third kappa shape index (κ3) is 4.81. The van der Waals surface area contributed by atoms with E-state index in [1.807, 2.05) is 30.3 Å². The van der Waals surface area contributed by atoms with Crippen LogP contribution in [-0.4, -0.2) is 27.5 Å². The molecule has 1 fully saturated rings. The first-order valence-corrected chi connectivity index (χ1v) is 15.3. The number of anilines is 2. The number of amides is 3. The highest BCUT2D eigenvalue weighted by atomic mass is 79.9. The van der Waals surface area contributed by atoms with Crippen LogP contribution in [0.4, 0.5) is 11.4 Å². The Morgan fingerprint density at radius 2 is 1.65 bits per heavy atom. The number of benzene rings is 3. The van der Waals surface area contributed by atoms with Crippen molar-refractivity contribution in [3.63, 3.8) is 0 Å². The number of aromatic nitrogens is 1. The molecule has 1 aromatic heterocycles. The lowest BCUT2D eigenvalue weighted by atomic mass is 9.83. The summed E-state index contributed by atoms with van der Waals surface area (Å²) in [6.07, 6.45) is 0. The van der Waals surface area contributed by atoms with E-state index in [0.717, 1.165) is 21.4 Å². The van der Waals surface area contributed by atoms with Gasteiger partial charge < -0.3 is 5.32 Å². The van der Waals surface area contributed by atoms with Crippen molar-refractivity contribution in [1.29, 1.82) is 0 Å². The Morgan fingerprint density at radius 1 is 0.925 bits per heavy atom. The van der Waals surface area contributed by atoms with Crippen molar-refractivity contribution in [2.75, 3.05) is 10.2 Å². The minimum atomic E-state index is -0.757. The summed E-state index contributed by atoms with van der Waals surface area (Å²) in [5.41, 5.74) is 1.75. The number of halogens is 3. The predicted molar refractivity (Wildman–Crippen MR) is 162 cm³/mol. The average molecular weight is 675 g/mol. The molecule has 2 aliphatic rings. The Bertz CT molecular complexity index is 1730. The maximum atomic E-state index is 13.9. The zero-order valence-electron chi connectivity index (χ0n) is 20.3. The van der Waals surface area contributed by atoms with E-state index in [0.29, 0.717) is 26.3 Å². The van der Waals surface area contributed by atoms with Gasteiger partial charge in [-0.25, -0.2) is 4.90 Å². The number of nitrogens with zero attached hydrogens (tertiary/aromatic N) is 2. The molecule has 0 spiro atoms. The van der Waals surface area contributed by atoms with Crippen LogP contribution in [0.2, 0.25) is 10.0 Å². The summed E-state index contributed by atoms with van der Waals surface area (Å²) in [5, 5.41) is 3.14. The first-order valence-electron chi connectivity index (χ1n) is 12.1. The Labute approximate surface area is 255 Å². The van der Waals surface area contributed by atoms with Gasteiger partial charge in [0.2, 0.25) is 17.7 Å². The van der Waals surface area contributed by atoms with Crippen LogP contribution in [0.1, 0.15) is 16.4 Å². The van der Waals surface area contributed by atoms with Crippen molar-refractivity contribution in [2.45, 2.75) is 22.7 Å². The number of carbonyl (C=O) groups is 3. The second-order valence-corrected chi connectivity index (χ2v) is 13.1. The molecule has 4 aromatic rings. The van der Waals surface area contributed by atoms with Crippen LogP contribution in [0.15, 0.2) is 87.1 Å². The van der Waals surface area contributed by atoms with E-state index in [9.17, 15) is 19.2 Å². The predicted octanol–water partition coefficient (Wildman–Crippen LogP) is 6.41. The number of hydrogen-bond donors (Lipinski definition) is 1. The molecule has 3 amide bonds. The first kappa shape index (κ1) is 27.3. The molecule has 12 heteroatoms. The Balaban J connectivity index is 1.40. The van der Waals surface area contributed by atoms with Crippen molar-refractivity contribution in [1.82, 2.24) is 4.57 Å². The molecule has 1 saturated heterocycles. The molecule has 2 unspecified atom stereocenters. The Hall–Kier alpha value is -2.89. The molecule has 2 aliphatic heterocycles. The lowest BCUT2D eigenvalue weighted by Crippen LogP contribution is -2.33. The van der Waals surface area contributed by atoms with Gasteiger partial charge in [-0.1, -0.05) is 92.6 Å². The van der Waals surface area contributed by atoms with Gasteiger partial charge in [-0.05, 0) is 48.0 Å². The van der Waals surface area contributed by atoms with E-state index in [1.54, 1.807) is 36.4 Å². The lowest BCUT2D eigenvalue weighted by Gasteiger charge is -2.30. The molecular weight excluding hydrogens is 657 g/mol. The minimum absolute atomic E-state index is 0.271. The number of fused-ring (bicyclic) bond motifs is 2. The SMILES string of the molecule is O=C(Cn1c2c(sc1=O)[C@H](c1ccc(Br)cc1)C1C(=O)N(c3ccccc3)C(=O)C1S2)Nc1ccc(Cl)c(Cl)c1. The quantitative estimate of drug-likeness (QED) is 0.247. The first-order chi connectivity index (χ1) is 19.2. The van der Waals surface area contributed by atoms with Crippen LogP contribution in [-0.2, 0) is 20.9 Å². The fourth-order valence-electron chi connectivity index (χ4n) is 5.03. The molecule has 0 radical (unpaired) electrons. The van der Waals surface area contributed by atoms with Gasteiger partial charge in [-0.15, -0.1) is 0 Å². The van der Waals surface area contributed by atoms with Gasteiger partial charge in [-0.2, -0.15) is 0 Å². The van der Waals surface area contributed by atoms with Crippen LogP contribution in [0.3, 0.4) is 0 Å². The number of rotatable bonds is 5. The van der Waals surface area contributed by atoms with Gasteiger partial charge in [0, 0.05) is 21.0 Å². The largest absolute Gasteiger partial charge is 0.324 e. The van der Waals surface area contributed by atoms with E-state index in [4.69, 9.17) is 23.2 Å². The molecule has 3 atom stereocenters. The van der Waals surface area contributed by atoms with Crippen LogP contribution in [0.5, 0.6) is 0 Å². The summed E-state index contributed by atoms with van der Waals surface area (Å²) in [6.45, 7) is -0.271. The van der Waals surface area contributed by atoms with Gasteiger partial charge in [0.15, 0.2) is 0 Å². The number of imide groups is 1. The zero-order chi connectivity index (χ0) is 28.1. The van der Waals surface area contributed by atoms with Crippen molar-refractivity contribution >= 4 is 91.3 Å². The Morgan fingerprint density at radius 3 is 2.35 bits per heavy atom. The van der Waals surface area contributed by atoms with E-state index in [-0.39, 0.29) is 28.3 Å². The Kier molecular flexibility index (Phi) is 7.39. The third-order valence-corrected chi connectivity index (χ3v) is 10.7. The normalized spacial score (nSPS) is 19.9. The minimum Gasteiger partial charge on any atom is -0.324 e. The highest BCUT2D eigenvalue weighted by Crippen LogP contribution is 2.53. The topological polar surface area (TPSA) is 88.5 Å². The van der Waals surface area contributed by atoms with Gasteiger partial charge in [-0.3, -0.25) is 23.7 Å². The fourth-order valence-corrected chi connectivity index (χ4v) is 8.37. The molecule has 0 saturated carbocycles. The van der Waals surface area contributed by atoms with Crippen molar-refractivity contribution in [3.8, 4) is 0 Å². The van der Waals surface area contributed by atoms with Crippen LogP contribution >= 0.6 is 62.2 Å². The lowest BCUT2D eigenvalue weighted by molar-refractivity contribution is -0.122. The molecule has 40 heavy (non-hydrogen) atoms. The smallest absolute Gasteiger partial charge is 0.308 e. The average Bonchev–Trinajstić information content (AvgIpc) is 3.38. The van der Waals surface area contributed by atoms with Crippen LogP contribution in [0.25, 0.3) is 0 Å². The van der Waals surface area contributed by atoms with Gasteiger partial charge in [0.1, 0.15) is 11.8 Å². The van der Waals surface area contributed by atoms with Crippen molar-refractivity contribution < 1.29 is 14.4 Å². The van der Waals surface area contributed by atoms with Crippen LogP contribution in [0, 0.1) is 5.92 Å². The fraction of sp³-hybridized carbons (Fsp3) is 0.143. The van der Waals surface area contributed by atoms with E-state index in [1.165, 1.54) is 27.3 Å². The molecule has 0 bridgehead atoms. The zero-order valence-corrected chi connectivity index (χ0v) is 25.1. The van der Waals surface area contributed by atoms with E-state index < -0.39 is 23.0 Å². The highest BCUT2D eigenvalue weighted by molar-refractivity contribution is 9.10. The van der Waals surface area contributed by atoms with Gasteiger partial charge in [0.05, 0.1) is 26.7 Å². The van der Waals surface area contributed by atoms with Crippen LogP contribution < -0.4 is 15.1 Å². The second kappa shape index (κ2) is 10.8. The number of nitrogens with one attached hydrogen (secondary N) is 1. The number of para-hydroxylation sites is 1. The van der Waals surface area contributed by atoms with Gasteiger partial charge >= 0.3 is 4.87 Å². The number of carbonyl (C=O) groups excluding carboxylic acids is 3. The molecule has 1 N–H and O–H groups in total. The summed E-state index contributed by atoms with van der Waals surface area (Å²) in [6, 6.07) is 21.0. The highest BCUT2D eigenvalue weighted by Gasteiger charge is 2.56. The number of thiazole rings is 1. The molecule has 7 nitrogen and oxygen atoms in total. The summed E-state index contributed by atoms with van der Waals surface area (Å²) >= 11 is 17.7. The second-order valence-electron chi connectivity index (χ2n) is 9.24. The molecule has 3 aromatic carbocycles. The molecule has 0 aliphatic carbocycles. The van der Waals surface area contributed by atoms with E-state index in [2.05, 4.69) is 21.2 Å². The summed E-state index contributed by atoms with van der Waals surface area (Å²) in [4.78, 5) is 55.4. The number of thioether (sulfide) groups is 1.